The van der Waals surface area contributed by atoms with Gasteiger partial charge in [0.2, 0.25) is 0 Å². The van der Waals surface area contributed by atoms with E-state index in [1.165, 1.54) is 12.1 Å². The average Bonchev–Trinajstić information content (AvgIpc) is 2.27. The van der Waals surface area contributed by atoms with Gasteiger partial charge in [-0.25, -0.2) is 8.78 Å². The first-order chi connectivity index (χ1) is 7.83. The summed E-state index contributed by atoms with van der Waals surface area (Å²) < 4.78 is 24.7. The fourth-order valence-corrected chi connectivity index (χ4v) is 1.26. The molecule has 0 aliphatic heterocycles. The molecule has 2 N–H and O–H groups in total. The highest BCUT2D eigenvalue weighted by Crippen LogP contribution is 2.19. The zero-order chi connectivity index (χ0) is 13.1. The van der Waals surface area contributed by atoms with Crippen molar-refractivity contribution in [3.8, 4) is 0 Å². The maximum atomic E-state index is 12.3. The molecule has 1 aromatic carbocycles. The number of nitrogens with one attached hydrogen (secondary N) is 1. The Balaban J connectivity index is 2.59. The topological polar surface area (TPSA) is 32.3 Å². The first kappa shape index (κ1) is 14.1. The minimum Gasteiger partial charge on any atom is -0.392 e. The van der Waals surface area contributed by atoms with E-state index in [9.17, 15) is 13.9 Å². The van der Waals surface area contributed by atoms with Crippen LogP contribution in [0.5, 0.6) is 0 Å². The number of rotatable bonds is 5. The molecule has 17 heavy (non-hydrogen) atoms. The van der Waals surface area contributed by atoms with Crippen LogP contribution in [0.1, 0.15) is 38.3 Å². The van der Waals surface area contributed by atoms with Gasteiger partial charge in [0.15, 0.2) is 0 Å². The van der Waals surface area contributed by atoms with Gasteiger partial charge in [0.25, 0.3) is 6.43 Å². The van der Waals surface area contributed by atoms with E-state index in [1.807, 2.05) is 13.8 Å². The third-order valence-electron chi connectivity index (χ3n) is 3.02. The van der Waals surface area contributed by atoms with Crippen molar-refractivity contribution in [1.29, 1.82) is 0 Å². The molecule has 0 saturated heterocycles. The van der Waals surface area contributed by atoms with Crippen LogP contribution in [0.4, 0.5) is 8.78 Å². The summed E-state index contributed by atoms with van der Waals surface area (Å²) in [5.41, 5.74) is 0.549. The highest BCUT2D eigenvalue weighted by Gasteiger charge is 2.22. The molecule has 0 aliphatic carbocycles. The fourth-order valence-electron chi connectivity index (χ4n) is 1.26. The molecule has 2 nitrogen and oxygen atoms in total. The SMILES string of the molecule is CC(O)C(C)(C)NCc1ccc(C(F)F)cc1. The highest BCUT2D eigenvalue weighted by atomic mass is 19.3. The van der Waals surface area contributed by atoms with Crippen LogP contribution < -0.4 is 5.32 Å². The van der Waals surface area contributed by atoms with Crippen LogP contribution in [-0.2, 0) is 6.54 Å². The number of aliphatic hydroxyl groups is 1. The standard InChI is InChI=1S/C13H19F2NO/c1-9(17)13(2,3)16-8-10-4-6-11(7-5-10)12(14)15/h4-7,9,12,16-17H,8H2,1-3H3. The number of aliphatic hydroxyl groups excluding tert-OH is 1. The number of alkyl halides is 2. The van der Waals surface area contributed by atoms with Crippen LogP contribution in [0.25, 0.3) is 0 Å². The van der Waals surface area contributed by atoms with E-state index in [0.717, 1.165) is 5.56 Å². The minimum absolute atomic E-state index is 0.0311. The van der Waals surface area contributed by atoms with Crippen LogP contribution in [-0.4, -0.2) is 16.7 Å². The largest absolute Gasteiger partial charge is 0.392 e. The summed E-state index contributed by atoms with van der Waals surface area (Å²) in [5.74, 6) is 0. The predicted octanol–water partition coefficient (Wildman–Crippen LogP) is 2.87. The molecule has 0 radical (unpaired) electrons. The Morgan fingerprint density at radius 2 is 1.76 bits per heavy atom. The summed E-state index contributed by atoms with van der Waals surface area (Å²) in [5, 5.41) is 12.7. The maximum absolute atomic E-state index is 12.3. The van der Waals surface area contributed by atoms with Crippen LogP contribution >= 0.6 is 0 Å². The van der Waals surface area contributed by atoms with Crippen molar-refractivity contribution in [2.24, 2.45) is 0 Å². The molecule has 4 heteroatoms. The summed E-state index contributed by atoms with van der Waals surface area (Å²) in [6.45, 7) is 6.05. The van der Waals surface area contributed by atoms with Crippen LogP contribution in [0, 0.1) is 0 Å². The molecule has 0 bridgehead atoms. The molecule has 0 amide bonds. The second-order valence-electron chi connectivity index (χ2n) is 4.79. The molecule has 1 atom stereocenters. The Kier molecular flexibility index (Phi) is 4.60. The van der Waals surface area contributed by atoms with E-state index < -0.39 is 18.1 Å². The Hall–Kier alpha value is -1.00. The van der Waals surface area contributed by atoms with Crippen molar-refractivity contribution in [1.82, 2.24) is 5.32 Å². The summed E-state index contributed by atoms with van der Waals surface area (Å²) in [7, 11) is 0. The van der Waals surface area contributed by atoms with Gasteiger partial charge in [-0.05, 0) is 26.3 Å². The lowest BCUT2D eigenvalue weighted by Crippen LogP contribution is -2.47. The lowest BCUT2D eigenvalue weighted by molar-refractivity contribution is 0.0956. The molecule has 0 fully saturated rings. The van der Waals surface area contributed by atoms with Crippen LogP contribution in [0.2, 0.25) is 0 Å². The van der Waals surface area contributed by atoms with Gasteiger partial charge in [0.05, 0.1) is 6.10 Å². The molecular formula is C13H19F2NO. The van der Waals surface area contributed by atoms with E-state index in [-0.39, 0.29) is 5.56 Å². The lowest BCUT2D eigenvalue weighted by atomic mass is 9.98. The number of hydrogen-bond acceptors (Lipinski definition) is 2. The van der Waals surface area contributed by atoms with Crippen molar-refractivity contribution in [2.45, 2.75) is 45.4 Å². The fraction of sp³-hybridized carbons (Fsp3) is 0.538. The zero-order valence-electron chi connectivity index (χ0n) is 10.4. The van der Waals surface area contributed by atoms with Crippen molar-refractivity contribution < 1.29 is 13.9 Å². The third kappa shape index (κ3) is 4.06. The zero-order valence-corrected chi connectivity index (χ0v) is 10.4. The van der Waals surface area contributed by atoms with E-state index in [4.69, 9.17) is 0 Å². The van der Waals surface area contributed by atoms with Crippen molar-refractivity contribution >= 4 is 0 Å². The van der Waals surface area contributed by atoms with Gasteiger partial charge in [-0.2, -0.15) is 0 Å². The van der Waals surface area contributed by atoms with E-state index in [1.54, 1.807) is 19.1 Å². The van der Waals surface area contributed by atoms with E-state index in [0.29, 0.717) is 6.54 Å². The van der Waals surface area contributed by atoms with Gasteiger partial charge in [-0.3, -0.25) is 0 Å². The van der Waals surface area contributed by atoms with Crippen LogP contribution in [0.15, 0.2) is 24.3 Å². The first-order valence-electron chi connectivity index (χ1n) is 5.63. The lowest BCUT2D eigenvalue weighted by Gasteiger charge is -2.29. The second-order valence-corrected chi connectivity index (χ2v) is 4.79. The first-order valence-corrected chi connectivity index (χ1v) is 5.63. The van der Waals surface area contributed by atoms with Gasteiger partial charge < -0.3 is 10.4 Å². The second kappa shape index (κ2) is 5.56. The number of hydrogen-bond donors (Lipinski definition) is 2. The van der Waals surface area contributed by atoms with Crippen molar-refractivity contribution in [3.05, 3.63) is 35.4 Å². The molecule has 0 aliphatic rings. The van der Waals surface area contributed by atoms with Gasteiger partial charge in [-0.15, -0.1) is 0 Å². The highest BCUT2D eigenvalue weighted by molar-refractivity contribution is 5.23. The summed E-state index contributed by atoms with van der Waals surface area (Å²) >= 11 is 0. The van der Waals surface area contributed by atoms with E-state index >= 15 is 0 Å². The van der Waals surface area contributed by atoms with Crippen LogP contribution in [0.3, 0.4) is 0 Å². The Morgan fingerprint density at radius 3 is 2.18 bits per heavy atom. The third-order valence-corrected chi connectivity index (χ3v) is 3.02. The van der Waals surface area contributed by atoms with Crippen molar-refractivity contribution in [2.75, 3.05) is 0 Å². The summed E-state index contributed by atoms with van der Waals surface area (Å²) in [6, 6.07) is 6.20. The molecule has 1 aromatic rings. The van der Waals surface area contributed by atoms with E-state index in [2.05, 4.69) is 5.32 Å². The molecule has 1 rings (SSSR count). The molecule has 0 spiro atoms. The average molecular weight is 243 g/mol. The quantitative estimate of drug-likeness (QED) is 0.833. The Morgan fingerprint density at radius 1 is 1.24 bits per heavy atom. The summed E-state index contributed by atoms with van der Waals surface area (Å²) in [4.78, 5) is 0. The molecule has 0 aromatic heterocycles. The molecule has 1 unspecified atom stereocenters. The summed E-state index contributed by atoms with van der Waals surface area (Å²) in [6.07, 6.45) is -2.91. The maximum Gasteiger partial charge on any atom is 0.263 e. The molecule has 96 valence electrons. The van der Waals surface area contributed by atoms with Gasteiger partial charge in [0, 0.05) is 17.6 Å². The monoisotopic (exact) mass is 243 g/mol. The number of halogens is 2. The van der Waals surface area contributed by atoms with Crippen molar-refractivity contribution in [3.63, 3.8) is 0 Å². The normalized spacial score (nSPS) is 14.1. The molecule has 0 heterocycles. The Bertz CT molecular complexity index is 347. The minimum atomic E-state index is -2.43. The van der Waals surface area contributed by atoms with Gasteiger partial charge >= 0.3 is 0 Å². The Labute approximate surface area is 101 Å². The molecular weight excluding hydrogens is 224 g/mol. The predicted molar refractivity (Wildman–Crippen MR) is 64.0 cm³/mol. The van der Waals surface area contributed by atoms with Gasteiger partial charge in [-0.1, -0.05) is 24.3 Å². The van der Waals surface area contributed by atoms with Gasteiger partial charge in [0.1, 0.15) is 0 Å². The smallest absolute Gasteiger partial charge is 0.263 e. The molecule has 0 saturated carbocycles. The number of benzene rings is 1.